The predicted molar refractivity (Wildman–Crippen MR) is 52.6 cm³/mol. The minimum absolute atomic E-state index is 0.175. The van der Waals surface area contributed by atoms with Gasteiger partial charge in [-0.3, -0.25) is 4.18 Å². The summed E-state index contributed by atoms with van der Waals surface area (Å²) in [4.78, 5) is 0. The Morgan fingerprint density at radius 3 is 2.93 bits per heavy atom. The molecular formula is C8H10O4S2. The summed E-state index contributed by atoms with van der Waals surface area (Å²) in [6.07, 6.45) is -0.604. The van der Waals surface area contributed by atoms with Gasteiger partial charge in [-0.05, 0) is 28.8 Å². The summed E-state index contributed by atoms with van der Waals surface area (Å²) >= 11 is 1.43. The van der Waals surface area contributed by atoms with Gasteiger partial charge in [0.1, 0.15) is 5.25 Å². The zero-order valence-electron chi connectivity index (χ0n) is 7.29. The SMILES string of the molecule is O=S1(=O)OCCC1C(O)c1ccsc1. The molecule has 1 saturated heterocycles. The molecule has 0 amide bonds. The molecule has 1 aromatic rings. The van der Waals surface area contributed by atoms with E-state index in [9.17, 15) is 13.5 Å². The van der Waals surface area contributed by atoms with Gasteiger partial charge in [0.05, 0.1) is 12.7 Å². The second-order valence-electron chi connectivity index (χ2n) is 3.14. The fourth-order valence-electron chi connectivity index (χ4n) is 1.49. The lowest BCUT2D eigenvalue weighted by atomic mass is 10.1. The third-order valence-electron chi connectivity index (χ3n) is 2.26. The molecule has 4 nitrogen and oxygen atoms in total. The Balaban J connectivity index is 2.24. The molecule has 1 N–H and O–H groups in total. The molecule has 2 heterocycles. The summed E-state index contributed by atoms with van der Waals surface area (Å²) in [5.74, 6) is 0. The van der Waals surface area contributed by atoms with E-state index in [4.69, 9.17) is 0 Å². The quantitative estimate of drug-likeness (QED) is 0.772. The summed E-state index contributed by atoms with van der Waals surface area (Å²) in [6, 6.07) is 1.73. The molecule has 0 radical (unpaired) electrons. The summed E-state index contributed by atoms with van der Waals surface area (Å²) in [7, 11) is -3.56. The molecular weight excluding hydrogens is 224 g/mol. The number of aliphatic hydroxyl groups excluding tert-OH is 1. The molecule has 2 unspecified atom stereocenters. The van der Waals surface area contributed by atoms with Crippen LogP contribution < -0.4 is 0 Å². The number of aliphatic hydroxyl groups is 1. The molecule has 1 aliphatic heterocycles. The first-order valence-electron chi connectivity index (χ1n) is 4.19. The largest absolute Gasteiger partial charge is 0.387 e. The molecule has 6 heteroatoms. The van der Waals surface area contributed by atoms with Gasteiger partial charge in [-0.25, -0.2) is 0 Å². The van der Waals surface area contributed by atoms with Crippen molar-refractivity contribution < 1.29 is 17.7 Å². The van der Waals surface area contributed by atoms with Crippen LogP contribution in [0.1, 0.15) is 18.1 Å². The molecule has 1 aromatic heterocycles. The predicted octanol–water partition coefficient (Wildman–Crippen LogP) is 0.900. The number of rotatable bonds is 2. The summed E-state index contributed by atoms with van der Waals surface area (Å²) in [5, 5.41) is 12.5. The van der Waals surface area contributed by atoms with Gasteiger partial charge in [-0.2, -0.15) is 19.8 Å². The molecule has 78 valence electrons. The van der Waals surface area contributed by atoms with E-state index in [-0.39, 0.29) is 6.61 Å². The first kappa shape index (κ1) is 10.1. The minimum Gasteiger partial charge on any atom is -0.387 e. The van der Waals surface area contributed by atoms with E-state index < -0.39 is 21.5 Å². The van der Waals surface area contributed by atoms with Gasteiger partial charge in [0.15, 0.2) is 0 Å². The Labute approximate surface area is 86.3 Å². The van der Waals surface area contributed by atoms with Crippen LogP contribution in [0, 0.1) is 0 Å². The Morgan fingerprint density at radius 1 is 1.64 bits per heavy atom. The highest BCUT2D eigenvalue weighted by molar-refractivity contribution is 7.87. The van der Waals surface area contributed by atoms with E-state index in [1.807, 2.05) is 0 Å². The maximum atomic E-state index is 11.3. The van der Waals surface area contributed by atoms with Crippen molar-refractivity contribution in [3.05, 3.63) is 22.4 Å². The fourth-order valence-corrected chi connectivity index (χ4v) is 3.54. The number of hydrogen-bond acceptors (Lipinski definition) is 5. The Morgan fingerprint density at radius 2 is 2.43 bits per heavy atom. The average Bonchev–Trinajstić information content (AvgIpc) is 2.71. The lowest BCUT2D eigenvalue weighted by molar-refractivity contribution is 0.171. The van der Waals surface area contributed by atoms with Crippen molar-refractivity contribution in [1.82, 2.24) is 0 Å². The maximum absolute atomic E-state index is 11.3. The second-order valence-corrected chi connectivity index (χ2v) is 5.75. The summed E-state index contributed by atoms with van der Waals surface area (Å²) in [6.45, 7) is 0.175. The van der Waals surface area contributed by atoms with Gasteiger partial charge in [-0.1, -0.05) is 0 Å². The summed E-state index contributed by atoms with van der Waals surface area (Å²) < 4.78 is 27.2. The van der Waals surface area contributed by atoms with Crippen LogP contribution in [0.3, 0.4) is 0 Å². The van der Waals surface area contributed by atoms with Crippen molar-refractivity contribution in [2.24, 2.45) is 0 Å². The molecule has 0 spiro atoms. The van der Waals surface area contributed by atoms with Crippen molar-refractivity contribution in [3.63, 3.8) is 0 Å². The van der Waals surface area contributed by atoms with Crippen LogP contribution in [0.15, 0.2) is 16.8 Å². The summed E-state index contributed by atoms with van der Waals surface area (Å²) in [5.41, 5.74) is 0.647. The molecule has 0 aliphatic carbocycles. The maximum Gasteiger partial charge on any atom is 0.273 e. The molecule has 14 heavy (non-hydrogen) atoms. The standard InChI is InChI=1S/C8H10O4S2/c9-8(6-2-4-13-5-6)7-1-3-12-14(7,10)11/h2,4-5,7-9H,1,3H2. The van der Waals surface area contributed by atoms with E-state index in [0.717, 1.165) is 0 Å². The highest BCUT2D eigenvalue weighted by Gasteiger charge is 2.39. The van der Waals surface area contributed by atoms with Crippen LogP contribution >= 0.6 is 11.3 Å². The Bertz CT molecular complexity index is 395. The van der Waals surface area contributed by atoms with Gasteiger partial charge < -0.3 is 5.11 Å². The molecule has 0 aromatic carbocycles. The molecule has 1 fully saturated rings. The number of thiophene rings is 1. The smallest absolute Gasteiger partial charge is 0.273 e. The van der Waals surface area contributed by atoms with Crippen LogP contribution in [-0.2, 0) is 14.3 Å². The van der Waals surface area contributed by atoms with E-state index >= 15 is 0 Å². The lowest BCUT2D eigenvalue weighted by Gasteiger charge is -2.13. The normalized spacial score (nSPS) is 27.6. The van der Waals surface area contributed by atoms with Crippen LogP contribution in [0.25, 0.3) is 0 Å². The van der Waals surface area contributed by atoms with Gasteiger partial charge in [0.2, 0.25) is 0 Å². The van der Waals surface area contributed by atoms with E-state index in [0.29, 0.717) is 12.0 Å². The van der Waals surface area contributed by atoms with E-state index in [2.05, 4.69) is 4.18 Å². The zero-order chi connectivity index (χ0) is 10.2. The van der Waals surface area contributed by atoms with Gasteiger partial charge in [-0.15, -0.1) is 0 Å². The van der Waals surface area contributed by atoms with Crippen molar-refractivity contribution in [1.29, 1.82) is 0 Å². The van der Waals surface area contributed by atoms with Gasteiger partial charge >= 0.3 is 0 Å². The molecule has 2 rings (SSSR count). The second kappa shape index (κ2) is 3.62. The first-order valence-corrected chi connectivity index (χ1v) is 6.61. The van der Waals surface area contributed by atoms with Gasteiger partial charge in [0, 0.05) is 0 Å². The highest BCUT2D eigenvalue weighted by atomic mass is 32.2. The first-order chi connectivity index (χ1) is 6.61. The Kier molecular flexibility index (Phi) is 2.61. The van der Waals surface area contributed by atoms with Gasteiger partial charge in [0.25, 0.3) is 10.1 Å². The zero-order valence-corrected chi connectivity index (χ0v) is 8.92. The van der Waals surface area contributed by atoms with Crippen LogP contribution in [-0.4, -0.2) is 25.4 Å². The number of hydrogen-bond donors (Lipinski definition) is 1. The average molecular weight is 234 g/mol. The third-order valence-corrected chi connectivity index (χ3v) is 4.69. The molecule has 0 bridgehead atoms. The monoisotopic (exact) mass is 234 g/mol. The van der Waals surface area contributed by atoms with Crippen LogP contribution in [0.4, 0.5) is 0 Å². The van der Waals surface area contributed by atoms with Crippen molar-refractivity contribution in [3.8, 4) is 0 Å². The molecule has 2 atom stereocenters. The minimum atomic E-state index is -3.56. The van der Waals surface area contributed by atoms with E-state index in [1.165, 1.54) is 11.3 Å². The highest BCUT2D eigenvalue weighted by Crippen LogP contribution is 2.30. The third kappa shape index (κ3) is 1.70. The fraction of sp³-hybridized carbons (Fsp3) is 0.500. The van der Waals surface area contributed by atoms with Crippen LogP contribution in [0.2, 0.25) is 0 Å². The van der Waals surface area contributed by atoms with Crippen molar-refractivity contribution in [2.45, 2.75) is 17.8 Å². The molecule has 0 saturated carbocycles. The van der Waals surface area contributed by atoms with Crippen LogP contribution in [0.5, 0.6) is 0 Å². The lowest BCUT2D eigenvalue weighted by Crippen LogP contribution is -2.23. The topological polar surface area (TPSA) is 63.6 Å². The Hall–Kier alpha value is -0.430. The van der Waals surface area contributed by atoms with Crippen molar-refractivity contribution >= 4 is 21.5 Å². The molecule has 1 aliphatic rings. The van der Waals surface area contributed by atoms with Crippen molar-refractivity contribution in [2.75, 3.05) is 6.61 Å². The van der Waals surface area contributed by atoms with E-state index in [1.54, 1.807) is 16.8 Å².